The van der Waals surface area contributed by atoms with Crippen LogP contribution in [0.25, 0.3) is 0 Å². The summed E-state index contributed by atoms with van der Waals surface area (Å²) in [6.07, 6.45) is 5.44. The van der Waals surface area contributed by atoms with Crippen LogP contribution in [0.5, 0.6) is 0 Å². The molecule has 0 bridgehead atoms. The molecule has 0 fully saturated rings. The molecule has 14 heavy (non-hydrogen) atoms. The van der Waals surface area contributed by atoms with Crippen LogP contribution in [0.4, 0.5) is 0 Å². The van der Waals surface area contributed by atoms with E-state index < -0.39 is 0 Å². The monoisotopic (exact) mass is 191 g/mol. The second-order valence-corrected chi connectivity index (χ2v) is 2.74. The minimum atomic E-state index is -0.302. The number of rotatable bonds is 4. The zero-order valence-electron chi connectivity index (χ0n) is 8.14. The number of esters is 1. The summed E-state index contributed by atoms with van der Waals surface area (Å²) in [5.41, 5.74) is 0.931. The number of carbonyl (C=O) groups excluding carboxylic acids is 1. The van der Waals surface area contributed by atoms with E-state index in [0.29, 0.717) is 13.0 Å². The minimum Gasteiger partial charge on any atom is -0.462 e. The number of ether oxygens (including phenoxy) is 1. The molecule has 3 heteroatoms. The van der Waals surface area contributed by atoms with Crippen LogP contribution in [0.1, 0.15) is 12.6 Å². The lowest BCUT2D eigenvalue weighted by atomic mass is 10.3. The lowest BCUT2D eigenvalue weighted by Crippen LogP contribution is -2.05. The van der Waals surface area contributed by atoms with Crippen molar-refractivity contribution in [3.63, 3.8) is 0 Å². The number of pyridine rings is 1. The fourth-order valence-corrected chi connectivity index (χ4v) is 0.986. The maximum absolute atomic E-state index is 10.9. The third kappa shape index (κ3) is 3.85. The summed E-state index contributed by atoms with van der Waals surface area (Å²) in [6.45, 7) is 2.15. The van der Waals surface area contributed by atoms with Gasteiger partial charge in [-0.25, -0.2) is 4.79 Å². The predicted molar refractivity (Wildman–Crippen MR) is 53.7 cm³/mol. The number of hydrogen-bond acceptors (Lipinski definition) is 3. The molecule has 0 amide bonds. The van der Waals surface area contributed by atoms with Gasteiger partial charge < -0.3 is 4.74 Å². The minimum absolute atomic E-state index is 0.302. The molecule has 1 aromatic heterocycles. The summed E-state index contributed by atoms with van der Waals surface area (Å²) in [7, 11) is 0. The average Bonchev–Trinajstić information content (AvgIpc) is 2.20. The van der Waals surface area contributed by atoms with E-state index in [-0.39, 0.29) is 5.97 Å². The number of carbonyl (C=O) groups is 1. The molecule has 1 aromatic rings. The highest BCUT2D eigenvalue weighted by atomic mass is 16.5. The van der Waals surface area contributed by atoms with Crippen molar-refractivity contribution < 1.29 is 9.53 Å². The number of allylic oxidation sites excluding steroid dienone is 1. The molecule has 0 aromatic carbocycles. The Morgan fingerprint density at radius 1 is 1.57 bits per heavy atom. The van der Waals surface area contributed by atoms with Gasteiger partial charge in [0.25, 0.3) is 0 Å². The molecule has 0 atom stereocenters. The first-order chi connectivity index (χ1) is 6.83. The van der Waals surface area contributed by atoms with Gasteiger partial charge in [-0.2, -0.15) is 0 Å². The molecule has 0 spiro atoms. The summed E-state index contributed by atoms with van der Waals surface area (Å²) in [4.78, 5) is 15.0. The zero-order chi connectivity index (χ0) is 10.2. The topological polar surface area (TPSA) is 39.2 Å². The fraction of sp³-hybridized carbons (Fsp3) is 0.273. The Labute approximate surface area is 83.4 Å². The molecule has 0 N–H and O–H groups in total. The molecule has 0 saturated heterocycles. The van der Waals surface area contributed by atoms with Crippen LogP contribution in [-0.4, -0.2) is 17.6 Å². The lowest BCUT2D eigenvalue weighted by Gasteiger charge is -2.00. The first-order valence-electron chi connectivity index (χ1n) is 4.52. The molecule has 0 aliphatic rings. The molecule has 3 nitrogen and oxygen atoms in total. The highest BCUT2D eigenvalue weighted by molar-refractivity contribution is 5.81. The van der Waals surface area contributed by atoms with E-state index in [1.54, 1.807) is 19.2 Å². The van der Waals surface area contributed by atoms with Gasteiger partial charge in [0.1, 0.15) is 0 Å². The first kappa shape index (κ1) is 10.4. The first-order valence-corrected chi connectivity index (χ1v) is 4.52. The molecular formula is C11H13NO2. The second-order valence-electron chi connectivity index (χ2n) is 2.74. The smallest absolute Gasteiger partial charge is 0.330 e. The third-order valence-corrected chi connectivity index (χ3v) is 1.63. The van der Waals surface area contributed by atoms with E-state index in [0.717, 1.165) is 5.69 Å². The van der Waals surface area contributed by atoms with Crippen LogP contribution >= 0.6 is 0 Å². The molecule has 0 unspecified atom stereocenters. The van der Waals surface area contributed by atoms with Gasteiger partial charge in [0.2, 0.25) is 0 Å². The van der Waals surface area contributed by atoms with Crippen LogP contribution in [0.15, 0.2) is 36.5 Å². The van der Waals surface area contributed by atoms with Crippen LogP contribution in [0.3, 0.4) is 0 Å². The fourth-order valence-electron chi connectivity index (χ4n) is 0.986. The van der Waals surface area contributed by atoms with Gasteiger partial charge in [0.15, 0.2) is 0 Å². The Morgan fingerprint density at radius 3 is 3.07 bits per heavy atom. The molecule has 1 heterocycles. The summed E-state index contributed by atoms with van der Waals surface area (Å²) >= 11 is 0. The van der Waals surface area contributed by atoms with Crippen LogP contribution in [-0.2, 0) is 16.0 Å². The van der Waals surface area contributed by atoms with E-state index >= 15 is 0 Å². The van der Waals surface area contributed by atoms with Crippen molar-refractivity contribution in [3.05, 3.63) is 42.2 Å². The van der Waals surface area contributed by atoms with Crippen LogP contribution < -0.4 is 0 Å². The van der Waals surface area contributed by atoms with Crippen molar-refractivity contribution in [2.24, 2.45) is 0 Å². The Morgan fingerprint density at radius 2 is 2.43 bits per heavy atom. The molecular weight excluding hydrogens is 178 g/mol. The van der Waals surface area contributed by atoms with Crippen molar-refractivity contribution in [2.45, 2.75) is 13.3 Å². The van der Waals surface area contributed by atoms with Gasteiger partial charge in [-0.3, -0.25) is 4.98 Å². The van der Waals surface area contributed by atoms with Crippen molar-refractivity contribution in [1.82, 2.24) is 4.98 Å². The Hall–Kier alpha value is -1.64. The van der Waals surface area contributed by atoms with Gasteiger partial charge in [0.05, 0.1) is 6.61 Å². The van der Waals surface area contributed by atoms with Crippen molar-refractivity contribution in [1.29, 1.82) is 0 Å². The maximum atomic E-state index is 10.9. The summed E-state index contributed by atoms with van der Waals surface area (Å²) in [5, 5.41) is 0. The largest absolute Gasteiger partial charge is 0.462 e. The Kier molecular flexibility index (Phi) is 4.41. The highest BCUT2D eigenvalue weighted by Gasteiger charge is 1.97. The number of nitrogens with zero attached hydrogens (tertiary/aromatic N) is 1. The van der Waals surface area contributed by atoms with Crippen molar-refractivity contribution in [3.8, 4) is 0 Å². The molecule has 1 rings (SSSR count). The highest BCUT2D eigenvalue weighted by Crippen LogP contribution is 1.95. The Bertz CT molecular complexity index is 306. The summed E-state index contributed by atoms with van der Waals surface area (Å²) in [5.74, 6) is -0.302. The van der Waals surface area contributed by atoms with E-state index in [1.807, 2.05) is 18.2 Å². The maximum Gasteiger partial charge on any atom is 0.330 e. The number of aromatic nitrogens is 1. The molecule has 0 aliphatic heterocycles. The van der Waals surface area contributed by atoms with Gasteiger partial charge in [-0.15, -0.1) is 0 Å². The van der Waals surface area contributed by atoms with Crippen molar-refractivity contribution >= 4 is 5.97 Å². The Balaban J connectivity index is 2.25. The zero-order valence-corrected chi connectivity index (χ0v) is 8.14. The molecule has 0 radical (unpaired) electrons. The van der Waals surface area contributed by atoms with Gasteiger partial charge in [-0.1, -0.05) is 12.1 Å². The van der Waals surface area contributed by atoms with Gasteiger partial charge >= 0.3 is 5.97 Å². The average molecular weight is 191 g/mol. The van der Waals surface area contributed by atoms with Crippen molar-refractivity contribution in [2.75, 3.05) is 6.61 Å². The van der Waals surface area contributed by atoms with Gasteiger partial charge in [-0.05, 0) is 19.1 Å². The predicted octanol–water partition coefficient (Wildman–Crippen LogP) is 1.74. The molecule has 74 valence electrons. The summed E-state index contributed by atoms with van der Waals surface area (Å²) < 4.78 is 4.92. The third-order valence-electron chi connectivity index (χ3n) is 1.63. The van der Waals surface area contributed by atoms with E-state index in [2.05, 4.69) is 4.98 Å². The normalized spacial score (nSPS) is 10.4. The standard InChI is InChI=1S/C11H13NO2/c1-2-5-11(13)14-9-7-10-6-3-4-8-12-10/h2-6,8H,7,9H2,1H3. The SMILES string of the molecule is CC=CC(=O)OCCc1ccccn1. The second kappa shape index (κ2) is 5.91. The molecule has 0 saturated carbocycles. The quantitative estimate of drug-likeness (QED) is 0.537. The molecule has 0 aliphatic carbocycles. The van der Waals surface area contributed by atoms with E-state index in [1.165, 1.54) is 6.08 Å². The summed E-state index contributed by atoms with van der Waals surface area (Å²) in [6, 6.07) is 5.68. The lowest BCUT2D eigenvalue weighted by molar-refractivity contribution is -0.137. The van der Waals surface area contributed by atoms with Crippen LogP contribution in [0, 0.1) is 0 Å². The number of hydrogen-bond donors (Lipinski definition) is 0. The van der Waals surface area contributed by atoms with E-state index in [9.17, 15) is 4.79 Å². The van der Waals surface area contributed by atoms with Crippen LogP contribution in [0.2, 0.25) is 0 Å². The van der Waals surface area contributed by atoms with Gasteiger partial charge in [0, 0.05) is 24.4 Å². The van der Waals surface area contributed by atoms with E-state index in [4.69, 9.17) is 4.74 Å².